The minimum absolute atomic E-state index is 0.109. The standard InChI is InChI=1S/C22H36F3NO4/c23-22(24,25)18-14-12-10-8-6-4-2-1-3-5-7-9-11-13-15-21(29)30-26-19(27)16-17-20(26)28/h1-18H2. The van der Waals surface area contributed by atoms with Gasteiger partial charge in [-0.1, -0.05) is 77.0 Å². The van der Waals surface area contributed by atoms with Crippen molar-refractivity contribution in [2.24, 2.45) is 0 Å². The van der Waals surface area contributed by atoms with Gasteiger partial charge in [-0.2, -0.15) is 13.2 Å². The van der Waals surface area contributed by atoms with Gasteiger partial charge in [-0.25, -0.2) is 4.79 Å². The highest BCUT2D eigenvalue weighted by Crippen LogP contribution is 2.23. The van der Waals surface area contributed by atoms with Gasteiger partial charge in [-0.15, -0.1) is 5.06 Å². The van der Waals surface area contributed by atoms with Crippen LogP contribution in [0.25, 0.3) is 0 Å². The molecule has 1 saturated heterocycles. The van der Waals surface area contributed by atoms with Crippen LogP contribution in [-0.4, -0.2) is 29.0 Å². The molecule has 1 fully saturated rings. The molecule has 5 nitrogen and oxygen atoms in total. The van der Waals surface area contributed by atoms with E-state index in [1.54, 1.807) is 0 Å². The van der Waals surface area contributed by atoms with Crippen LogP contribution in [0.4, 0.5) is 13.2 Å². The first-order valence-electron chi connectivity index (χ1n) is 11.4. The monoisotopic (exact) mass is 435 g/mol. The molecule has 2 amide bonds. The third-order valence-electron chi connectivity index (χ3n) is 5.29. The Balaban J connectivity index is 1.79. The van der Waals surface area contributed by atoms with E-state index in [0.29, 0.717) is 17.9 Å². The SMILES string of the molecule is O=C(CCCCCCCCCCCCCCCCC(F)(F)F)ON1C(=O)CCC1=O. The first-order valence-corrected chi connectivity index (χ1v) is 11.4. The molecule has 0 radical (unpaired) electrons. The molecule has 1 aliphatic rings. The molecule has 0 saturated carbocycles. The number of alkyl halides is 3. The summed E-state index contributed by atoms with van der Waals surface area (Å²) in [7, 11) is 0. The van der Waals surface area contributed by atoms with E-state index < -0.39 is 30.4 Å². The van der Waals surface area contributed by atoms with Crippen LogP contribution in [0.1, 0.15) is 116 Å². The highest BCUT2D eigenvalue weighted by molar-refractivity contribution is 6.01. The van der Waals surface area contributed by atoms with E-state index in [0.717, 1.165) is 44.9 Å². The molecular weight excluding hydrogens is 399 g/mol. The third kappa shape index (κ3) is 13.6. The first kappa shape index (κ1) is 26.4. The number of rotatable bonds is 17. The minimum atomic E-state index is -4.01. The highest BCUT2D eigenvalue weighted by atomic mass is 19.4. The summed E-state index contributed by atoms with van der Waals surface area (Å²) < 4.78 is 36.0. The zero-order valence-corrected chi connectivity index (χ0v) is 17.9. The van der Waals surface area contributed by atoms with Crippen LogP contribution in [0.15, 0.2) is 0 Å². The topological polar surface area (TPSA) is 63.7 Å². The van der Waals surface area contributed by atoms with Crippen LogP contribution in [0.5, 0.6) is 0 Å². The number of hydroxylamine groups is 2. The maximum atomic E-state index is 12.0. The quantitative estimate of drug-likeness (QED) is 0.196. The Kier molecular flexibility index (Phi) is 13.4. The predicted octanol–water partition coefficient (Wildman–Crippen LogP) is 6.40. The highest BCUT2D eigenvalue weighted by Gasteiger charge is 2.32. The molecule has 0 spiro atoms. The van der Waals surface area contributed by atoms with Crippen LogP contribution < -0.4 is 0 Å². The summed E-state index contributed by atoms with van der Waals surface area (Å²) in [5.41, 5.74) is 0. The number of unbranched alkanes of at least 4 members (excludes halogenated alkanes) is 13. The van der Waals surface area contributed by atoms with Gasteiger partial charge in [0, 0.05) is 25.7 Å². The number of halogens is 3. The number of imide groups is 1. The summed E-state index contributed by atoms with van der Waals surface area (Å²) in [6.07, 6.45) is 9.39. The number of carbonyl (C=O) groups is 3. The van der Waals surface area contributed by atoms with E-state index in [4.69, 9.17) is 4.84 Å². The van der Waals surface area contributed by atoms with E-state index in [-0.39, 0.29) is 25.7 Å². The Bertz CT molecular complexity index is 507. The molecular formula is C22H36F3NO4. The molecule has 174 valence electrons. The van der Waals surface area contributed by atoms with Crippen LogP contribution in [0, 0.1) is 0 Å². The summed E-state index contributed by atoms with van der Waals surface area (Å²) in [5, 5.41) is 0.594. The Hall–Kier alpha value is -1.60. The van der Waals surface area contributed by atoms with Crippen molar-refractivity contribution >= 4 is 17.8 Å². The van der Waals surface area contributed by atoms with Gasteiger partial charge in [0.2, 0.25) is 0 Å². The predicted molar refractivity (Wildman–Crippen MR) is 107 cm³/mol. The Morgan fingerprint density at radius 3 is 1.47 bits per heavy atom. The average Bonchev–Trinajstić information content (AvgIpc) is 2.98. The maximum absolute atomic E-state index is 12.0. The molecule has 0 N–H and O–H groups in total. The number of hydrogen-bond acceptors (Lipinski definition) is 4. The van der Waals surface area contributed by atoms with E-state index in [9.17, 15) is 27.6 Å². The van der Waals surface area contributed by atoms with Gasteiger partial charge in [-0.3, -0.25) is 9.59 Å². The molecule has 0 aliphatic carbocycles. The van der Waals surface area contributed by atoms with E-state index >= 15 is 0 Å². The molecule has 0 unspecified atom stereocenters. The zero-order chi connectivity index (χ0) is 22.2. The number of hydrogen-bond donors (Lipinski definition) is 0. The summed E-state index contributed by atoms with van der Waals surface area (Å²) in [4.78, 5) is 39.2. The van der Waals surface area contributed by atoms with Gasteiger partial charge >= 0.3 is 12.1 Å². The zero-order valence-electron chi connectivity index (χ0n) is 17.9. The fourth-order valence-electron chi connectivity index (χ4n) is 3.52. The fraction of sp³-hybridized carbons (Fsp3) is 0.864. The van der Waals surface area contributed by atoms with Crippen LogP contribution in [0.3, 0.4) is 0 Å². The Morgan fingerprint density at radius 1 is 0.700 bits per heavy atom. The molecule has 8 heteroatoms. The lowest BCUT2D eigenvalue weighted by molar-refractivity contribution is -0.197. The van der Waals surface area contributed by atoms with E-state index in [1.807, 2.05) is 0 Å². The maximum Gasteiger partial charge on any atom is 0.389 e. The molecule has 1 rings (SSSR count). The summed E-state index contributed by atoms with van der Waals surface area (Å²) in [5.74, 6) is -1.43. The second-order valence-corrected chi connectivity index (χ2v) is 8.11. The van der Waals surface area contributed by atoms with Gasteiger partial charge in [0.25, 0.3) is 11.8 Å². The normalized spacial score (nSPS) is 14.6. The van der Waals surface area contributed by atoms with Gasteiger partial charge in [0.15, 0.2) is 0 Å². The smallest absolute Gasteiger partial charge is 0.330 e. The van der Waals surface area contributed by atoms with Crippen molar-refractivity contribution in [2.75, 3.05) is 0 Å². The molecule has 1 heterocycles. The van der Waals surface area contributed by atoms with Crippen LogP contribution in [-0.2, 0) is 19.2 Å². The second kappa shape index (κ2) is 15.2. The van der Waals surface area contributed by atoms with Crippen molar-refractivity contribution in [3.8, 4) is 0 Å². The number of carbonyl (C=O) groups excluding carboxylic acids is 3. The molecule has 1 aliphatic heterocycles. The van der Waals surface area contributed by atoms with Crippen molar-refractivity contribution < 1.29 is 32.4 Å². The number of amides is 2. The lowest BCUT2D eigenvalue weighted by atomic mass is 10.0. The fourth-order valence-corrected chi connectivity index (χ4v) is 3.52. The molecule has 30 heavy (non-hydrogen) atoms. The van der Waals surface area contributed by atoms with Crippen molar-refractivity contribution in [2.45, 2.75) is 122 Å². The first-order chi connectivity index (χ1) is 14.3. The molecule has 0 bridgehead atoms. The number of nitrogens with zero attached hydrogens (tertiary/aromatic N) is 1. The minimum Gasteiger partial charge on any atom is -0.330 e. The largest absolute Gasteiger partial charge is 0.389 e. The summed E-state index contributed by atoms with van der Waals surface area (Å²) in [6.45, 7) is 0. The van der Waals surface area contributed by atoms with Crippen LogP contribution >= 0.6 is 0 Å². The summed E-state index contributed by atoms with van der Waals surface area (Å²) >= 11 is 0. The van der Waals surface area contributed by atoms with Gasteiger partial charge in [0.05, 0.1) is 0 Å². The lowest BCUT2D eigenvalue weighted by Crippen LogP contribution is -2.31. The molecule has 0 atom stereocenters. The van der Waals surface area contributed by atoms with Crippen molar-refractivity contribution in [3.05, 3.63) is 0 Å². The molecule has 0 aromatic rings. The summed E-state index contributed by atoms with van der Waals surface area (Å²) in [6, 6.07) is 0. The van der Waals surface area contributed by atoms with E-state index in [2.05, 4.69) is 0 Å². The second-order valence-electron chi connectivity index (χ2n) is 8.11. The van der Waals surface area contributed by atoms with Crippen LogP contribution in [0.2, 0.25) is 0 Å². The van der Waals surface area contributed by atoms with Crippen molar-refractivity contribution in [1.82, 2.24) is 5.06 Å². The van der Waals surface area contributed by atoms with Crippen molar-refractivity contribution in [1.29, 1.82) is 0 Å². The van der Waals surface area contributed by atoms with Crippen molar-refractivity contribution in [3.63, 3.8) is 0 Å². The molecule has 0 aromatic heterocycles. The van der Waals surface area contributed by atoms with E-state index in [1.165, 1.54) is 25.7 Å². The lowest BCUT2D eigenvalue weighted by Gasteiger charge is -2.12. The average molecular weight is 436 g/mol. The molecule has 0 aromatic carbocycles. The van der Waals surface area contributed by atoms with Gasteiger partial charge in [-0.05, 0) is 12.8 Å². The Labute approximate surface area is 177 Å². The van der Waals surface area contributed by atoms with Gasteiger partial charge in [0.1, 0.15) is 0 Å². The van der Waals surface area contributed by atoms with Gasteiger partial charge < -0.3 is 4.84 Å². The Morgan fingerprint density at radius 2 is 1.07 bits per heavy atom. The third-order valence-corrected chi connectivity index (χ3v) is 5.29.